The Morgan fingerprint density at radius 1 is 1.47 bits per heavy atom. The van der Waals surface area contributed by atoms with Crippen molar-refractivity contribution in [3.63, 3.8) is 0 Å². The Kier molecular flexibility index (Phi) is 7.65. The van der Waals surface area contributed by atoms with E-state index >= 15 is 0 Å². The van der Waals surface area contributed by atoms with Gasteiger partial charge in [0, 0.05) is 18.8 Å². The summed E-state index contributed by atoms with van der Waals surface area (Å²) in [5, 5.41) is 6.91. The van der Waals surface area contributed by atoms with E-state index in [1.807, 2.05) is 0 Å². The average Bonchev–Trinajstić information content (AvgIpc) is 2.72. The molecule has 1 aliphatic rings. The fraction of sp³-hybridized carbons (Fsp3) is 0.778. The lowest BCUT2D eigenvalue weighted by Gasteiger charge is -2.26. The smallest absolute Gasteiger partial charge is 0.177 e. The molecule has 1 fully saturated rings. The summed E-state index contributed by atoms with van der Waals surface area (Å²) in [5.74, 6) is 1.10. The Morgan fingerprint density at radius 2 is 2.24 bits per heavy atom. The third kappa shape index (κ3) is 5.67. The highest BCUT2D eigenvalue weighted by molar-refractivity contribution is 8.01. The topological polar surface area (TPSA) is 41.2 Å². The maximum absolute atomic E-state index is 5.31. The summed E-state index contributed by atoms with van der Waals surface area (Å²) in [6.45, 7) is 5.08. The Balaban J connectivity index is 0.00000144. The van der Waals surface area contributed by atoms with Crippen molar-refractivity contribution in [2.75, 3.05) is 38.6 Å². The quantitative estimate of drug-likeness (QED) is 0.514. The zero-order valence-corrected chi connectivity index (χ0v) is 12.7. The van der Waals surface area contributed by atoms with Gasteiger partial charge in [-0.1, -0.05) is 23.1 Å². The fourth-order valence-electron chi connectivity index (χ4n) is 1.55. The number of nitrogens with one attached hydrogen (secondary N) is 1. The highest BCUT2D eigenvalue weighted by Gasteiger charge is 2.09. The number of halogens is 1. The van der Waals surface area contributed by atoms with Gasteiger partial charge in [0.2, 0.25) is 0 Å². The third-order valence-corrected chi connectivity index (χ3v) is 4.68. The van der Waals surface area contributed by atoms with E-state index in [2.05, 4.69) is 15.1 Å². The molecular formula is C9H16ClN3OS3. The summed E-state index contributed by atoms with van der Waals surface area (Å²) in [6, 6.07) is 0. The van der Waals surface area contributed by atoms with Crippen LogP contribution >= 0.6 is 47.7 Å². The number of ether oxygens (including phenoxy) is 1. The molecule has 0 unspecified atom stereocenters. The van der Waals surface area contributed by atoms with Crippen LogP contribution in [0.2, 0.25) is 0 Å². The summed E-state index contributed by atoms with van der Waals surface area (Å²) < 4.78 is 7.12. The minimum atomic E-state index is 0. The van der Waals surface area contributed by atoms with Gasteiger partial charge in [0.25, 0.3) is 0 Å². The van der Waals surface area contributed by atoms with Crippen molar-refractivity contribution >= 4 is 47.7 Å². The minimum Gasteiger partial charge on any atom is -0.379 e. The molecule has 2 rings (SSSR count). The van der Waals surface area contributed by atoms with Crippen LogP contribution < -0.4 is 0 Å². The largest absolute Gasteiger partial charge is 0.379 e. The molecule has 1 saturated heterocycles. The van der Waals surface area contributed by atoms with Gasteiger partial charge in [0.1, 0.15) is 0 Å². The number of rotatable bonds is 5. The highest BCUT2D eigenvalue weighted by Crippen LogP contribution is 2.20. The number of aromatic nitrogens is 2. The monoisotopic (exact) mass is 313 g/mol. The van der Waals surface area contributed by atoms with Gasteiger partial charge in [-0.15, -0.1) is 12.4 Å². The summed E-state index contributed by atoms with van der Waals surface area (Å²) >= 11 is 8.31. The lowest BCUT2D eigenvalue weighted by molar-refractivity contribution is 0.0381. The molecule has 0 atom stereocenters. The van der Waals surface area contributed by atoms with E-state index < -0.39 is 0 Å². The van der Waals surface area contributed by atoms with E-state index in [1.54, 1.807) is 23.1 Å². The van der Waals surface area contributed by atoms with Crippen LogP contribution in [0, 0.1) is 3.95 Å². The van der Waals surface area contributed by atoms with Crippen LogP contribution in [0.15, 0.2) is 4.34 Å². The minimum absolute atomic E-state index is 0. The van der Waals surface area contributed by atoms with Crippen LogP contribution in [-0.2, 0) is 4.74 Å². The fourth-order valence-corrected chi connectivity index (χ4v) is 3.63. The Bertz CT molecular complexity index is 364. The van der Waals surface area contributed by atoms with E-state index in [4.69, 9.17) is 17.0 Å². The van der Waals surface area contributed by atoms with E-state index in [-0.39, 0.29) is 12.4 Å². The first kappa shape index (κ1) is 15.4. The van der Waals surface area contributed by atoms with Crippen molar-refractivity contribution in [2.45, 2.75) is 10.8 Å². The number of morpholine rings is 1. The van der Waals surface area contributed by atoms with Gasteiger partial charge in [0.15, 0.2) is 8.29 Å². The van der Waals surface area contributed by atoms with Gasteiger partial charge in [-0.05, 0) is 25.2 Å². The lowest BCUT2D eigenvalue weighted by atomic mass is 10.4. The number of thioether (sulfide) groups is 1. The Hall–Kier alpha value is 0.340. The van der Waals surface area contributed by atoms with E-state index in [1.165, 1.54) is 6.42 Å². The molecule has 98 valence electrons. The zero-order chi connectivity index (χ0) is 11.2. The second-order valence-electron chi connectivity index (χ2n) is 3.54. The van der Waals surface area contributed by atoms with Gasteiger partial charge >= 0.3 is 0 Å². The molecule has 4 nitrogen and oxygen atoms in total. The molecule has 8 heteroatoms. The summed E-state index contributed by atoms with van der Waals surface area (Å²) in [4.78, 5) is 2.45. The summed E-state index contributed by atoms with van der Waals surface area (Å²) in [6.07, 6.45) is 1.19. The van der Waals surface area contributed by atoms with Crippen molar-refractivity contribution in [2.24, 2.45) is 0 Å². The molecule has 1 aromatic rings. The number of aromatic amines is 1. The van der Waals surface area contributed by atoms with Gasteiger partial charge in [0.05, 0.1) is 13.2 Å². The zero-order valence-electron chi connectivity index (χ0n) is 9.39. The molecule has 0 aromatic carbocycles. The molecule has 2 heterocycles. The number of hydrogen-bond acceptors (Lipinski definition) is 6. The van der Waals surface area contributed by atoms with Crippen LogP contribution in [0.3, 0.4) is 0 Å². The highest BCUT2D eigenvalue weighted by atomic mass is 35.5. The van der Waals surface area contributed by atoms with Crippen LogP contribution in [0.5, 0.6) is 0 Å². The Morgan fingerprint density at radius 3 is 2.88 bits per heavy atom. The SMILES string of the molecule is Cl.S=c1[nH]nc(SCCCN2CCOCC2)s1. The molecule has 1 aromatic heterocycles. The first-order chi connectivity index (χ1) is 7.84. The van der Waals surface area contributed by atoms with Crippen molar-refractivity contribution in [1.29, 1.82) is 0 Å². The van der Waals surface area contributed by atoms with Gasteiger partial charge in [-0.2, -0.15) is 5.10 Å². The predicted molar refractivity (Wildman–Crippen MR) is 77.1 cm³/mol. The second kappa shape index (κ2) is 8.44. The summed E-state index contributed by atoms with van der Waals surface area (Å²) in [5.41, 5.74) is 0. The van der Waals surface area contributed by atoms with Crippen LogP contribution in [0.1, 0.15) is 6.42 Å². The van der Waals surface area contributed by atoms with E-state index in [9.17, 15) is 0 Å². The third-order valence-electron chi connectivity index (χ3n) is 2.37. The molecule has 0 radical (unpaired) electrons. The molecular weight excluding hydrogens is 298 g/mol. The van der Waals surface area contributed by atoms with Crippen LogP contribution in [0.4, 0.5) is 0 Å². The maximum atomic E-state index is 5.31. The molecule has 0 amide bonds. The van der Waals surface area contributed by atoms with E-state index in [0.29, 0.717) is 0 Å². The molecule has 1 aliphatic heterocycles. The van der Waals surface area contributed by atoms with Crippen LogP contribution in [-0.4, -0.2) is 53.7 Å². The van der Waals surface area contributed by atoms with Crippen molar-refractivity contribution in [3.8, 4) is 0 Å². The molecule has 0 bridgehead atoms. The first-order valence-electron chi connectivity index (χ1n) is 5.33. The lowest BCUT2D eigenvalue weighted by Crippen LogP contribution is -2.36. The number of nitrogens with zero attached hydrogens (tertiary/aromatic N) is 2. The standard InChI is InChI=1S/C9H15N3OS3.ClH/c14-8-10-11-9(16-8)15-7-1-2-12-3-5-13-6-4-12;/h1-7H2,(H,10,14);1H. The van der Waals surface area contributed by atoms with Crippen LogP contribution in [0.25, 0.3) is 0 Å². The maximum Gasteiger partial charge on any atom is 0.177 e. The van der Waals surface area contributed by atoms with Crippen molar-refractivity contribution in [3.05, 3.63) is 3.95 Å². The van der Waals surface area contributed by atoms with E-state index in [0.717, 1.165) is 46.9 Å². The van der Waals surface area contributed by atoms with Gasteiger partial charge in [-0.3, -0.25) is 10.00 Å². The molecule has 17 heavy (non-hydrogen) atoms. The number of hydrogen-bond donors (Lipinski definition) is 1. The molecule has 0 spiro atoms. The number of H-pyrrole nitrogens is 1. The molecule has 0 saturated carbocycles. The first-order valence-corrected chi connectivity index (χ1v) is 7.54. The van der Waals surface area contributed by atoms with Gasteiger partial charge in [-0.25, -0.2) is 0 Å². The second-order valence-corrected chi connectivity index (χ2v) is 6.54. The van der Waals surface area contributed by atoms with Crippen molar-refractivity contribution in [1.82, 2.24) is 15.1 Å². The molecule has 1 N–H and O–H groups in total. The Labute approximate surface area is 121 Å². The molecule has 0 aliphatic carbocycles. The normalized spacial score (nSPS) is 16.7. The summed E-state index contributed by atoms with van der Waals surface area (Å²) in [7, 11) is 0. The average molecular weight is 314 g/mol. The predicted octanol–water partition coefficient (Wildman–Crippen LogP) is 2.44. The van der Waals surface area contributed by atoms with Crippen molar-refractivity contribution < 1.29 is 4.74 Å². The van der Waals surface area contributed by atoms with Gasteiger partial charge < -0.3 is 4.74 Å².